The van der Waals surface area contributed by atoms with Gasteiger partial charge in [0.15, 0.2) is 5.78 Å². The number of nitrogens with two attached hydrogens (primary N) is 1. The second-order valence-corrected chi connectivity index (χ2v) is 4.87. The molecule has 0 unspecified atom stereocenters. The number of carbonyl (C=O) groups is 1. The molecule has 92 valence electrons. The van der Waals surface area contributed by atoms with Gasteiger partial charge in [0.1, 0.15) is 11.4 Å². The maximum atomic E-state index is 12.3. The number of aliphatic hydroxyl groups is 1. The third kappa shape index (κ3) is 2.31. The smallest absolute Gasteiger partial charge is 0.198 e. The molecule has 1 heterocycles. The summed E-state index contributed by atoms with van der Waals surface area (Å²) in [5, 5.41) is 10.4. The molecule has 2 rings (SSSR count). The van der Waals surface area contributed by atoms with Crippen molar-refractivity contribution in [2.24, 2.45) is 0 Å². The van der Waals surface area contributed by atoms with Gasteiger partial charge in [-0.2, -0.15) is 0 Å². The molecule has 0 radical (unpaired) electrons. The van der Waals surface area contributed by atoms with Gasteiger partial charge in [0.2, 0.25) is 0 Å². The van der Waals surface area contributed by atoms with E-state index in [-0.39, 0.29) is 11.6 Å². The van der Waals surface area contributed by atoms with Gasteiger partial charge < -0.3 is 10.8 Å². The predicted molar refractivity (Wildman–Crippen MR) is 65.8 cm³/mol. The summed E-state index contributed by atoms with van der Waals surface area (Å²) in [5.41, 5.74) is 5.71. The molecule has 0 aliphatic heterocycles. The molecule has 1 aromatic rings. The summed E-state index contributed by atoms with van der Waals surface area (Å²) in [6.45, 7) is 1.86. The van der Waals surface area contributed by atoms with Crippen molar-refractivity contribution >= 4 is 11.6 Å². The van der Waals surface area contributed by atoms with Crippen LogP contribution in [0.5, 0.6) is 0 Å². The molecule has 0 atom stereocenters. The van der Waals surface area contributed by atoms with Crippen molar-refractivity contribution in [3.05, 3.63) is 23.4 Å². The Labute approximate surface area is 101 Å². The quantitative estimate of drug-likeness (QED) is 0.766. The van der Waals surface area contributed by atoms with Crippen molar-refractivity contribution in [1.29, 1.82) is 0 Å². The molecule has 1 fully saturated rings. The summed E-state index contributed by atoms with van der Waals surface area (Å²) in [7, 11) is 0. The number of hydrogen-bond donors (Lipinski definition) is 2. The van der Waals surface area contributed by atoms with E-state index in [0.29, 0.717) is 18.4 Å². The Morgan fingerprint density at radius 2 is 2.06 bits per heavy atom. The molecule has 1 aliphatic rings. The number of anilines is 1. The molecule has 4 heteroatoms. The maximum absolute atomic E-state index is 12.3. The van der Waals surface area contributed by atoms with Crippen LogP contribution in [-0.4, -0.2) is 21.5 Å². The minimum absolute atomic E-state index is 0.208. The lowest BCUT2D eigenvalue weighted by Crippen LogP contribution is -2.40. The Morgan fingerprint density at radius 1 is 1.41 bits per heavy atom. The minimum Gasteiger partial charge on any atom is -0.383 e. The highest BCUT2D eigenvalue weighted by Gasteiger charge is 2.38. The third-order valence-electron chi connectivity index (χ3n) is 3.40. The van der Waals surface area contributed by atoms with Crippen LogP contribution in [0, 0.1) is 6.92 Å². The van der Waals surface area contributed by atoms with Crippen LogP contribution < -0.4 is 5.73 Å². The van der Waals surface area contributed by atoms with Crippen LogP contribution in [0.4, 0.5) is 5.82 Å². The average molecular weight is 234 g/mol. The van der Waals surface area contributed by atoms with Gasteiger partial charge in [-0.05, 0) is 31.4 Å². The number of aromatic nitrogens is 1. The normalized spacial score (nSPS) is 18.9. The lowest BCUT2D eigenvalue weighted by molar-refractivity contribution is 0.0117. The number of pyridine rings is 1. The van der Waals surface area contributed by atoms with E-state index in [9.17, 15) is 9.90 Å². The number of carbonyl (C=O) groups excluding carboxylic acids is 1. The van der Waals surface area contributed by atoms with Gasteiger partial charge in [-0.1, -0.05) is 19.3 Å². The van der Waals surface area contributed by atoms with Crippen molar-refractivity contribution in [2.75, 3.05) is 5.73 Å². The zero-order chi connectivity index (χ0) is 12.5. The summed E-state index contributed by atoms with van der Waals surface area (Å²) in [6.07, 6.45) is 5.54. The number of nitrogens with zero attached hydrogens (tertiary/aromatic N) is 1. The fourth-order valence-electron chi connectivity index (χ4n) is 2.38. The van der Waals surface area contributed by atoms with E-state index in [1.54, 1.807) is 12.3 Å². The van der Waals surface area contributed by atoms with Crippen molar-refractivity contribution < 1.29 is 9.90 Å². The number of Topliss-reactive ketones (excluding diaryl/α,β-unsaturated/α-hetero) is 1. The van der Waals surface area contributed by atoms with Crippen LogP contribution in [0.15, 0.2) is 12.3 Å². The Bertz CT molecular complexity index is 437. The number of rotatable bonds is 2. The fourth-order valence-corrected chi connectivity index (χ4v) is 2.38. The molecule has 3 N–H and O–H groups in total. The summed E-state index contributed by atoms with van der Waals surface area (Å²) in [5.74, 6) is -0.0644. The Hall–Kier alpha value is -1.42. The monoisotopic (exact) mass is 234 g/mol. The van der Waals surface area contributed by atoms with Crippen LogP contribution in [0.25, 0.3) is 0 Å². The fraction of sp³-hybridized carbons (Fsp3) is 0.538. The molecule has 0 saturated heterocycles. The SMILES string of the molecule is Cc1cnc(N)c(C(=O)C2(O)CCCCC2)c1. The van der Waals surface area contributed by atoms with Gasteiger partial charge >= 0.3 is 0 Å². The molecule has 17 heavy (non-hydrogen) atoms. The van der Waals surface area contributed by atoms with Crippen molar-refractivity contribution in [3.63, 3.8) is 0 Å². The Balaban J connectivity index is 2.32. The first-order valence-electron chi connectivity index (χ1n) is 6.02. The van der Waals surface area contributed by atoms with Crippen molar-refractivity contribution in [3.8, 4) is 0 Å². The van der Waals surface area contributed by atoms with E-state index in [0.717, 1.165) is 24.8 Å². The standard InChI is InChI=1S/C13H18N2O2/c1-9-7-10(12(14)15-8-9)11(16)13(17)5-3-2-4-6-13/h7-8,17H,2-6H2,1H3,(H2,14,15). The molecule has 4 nitrogen and oxygen atoms in total. The van der Waals surface area contributed by atoms with E-state index in [2.05, 4.69) is 4.98 Å². The number of aryl methyl sites for hydroxylation is 1. The van der Waals surface area contributed by atoms with Crippen LogP contribution in [0.1, 0.15) is 48.0 Å². The van der Waals surface area contributed by atoms with E-state index in [1.165, 1.54) is 0 Å². The Morgan fingerprint density at radius 3 is 2.71 bits per heavy atom. The largest absolute Gasteiger partial charge is 0.383 e. The molecule has 1 aliphatic carbocycles. The lowest BCUT2D eigenvalue weighted by atomic mass is 9.79. The third-order valence-corrected chi connectivity index (χ3v) is 3.40. The summed E-state index contributed by atoms with van der Waals surface area (Å²) in [6, 6.07) is 1.71. The summed E-state index contributed by atoms with van der Waals surface area (Å²) < 4.78 is 0. The highest BCUT2D eigenvalue weighted by atomic mass is 16.3. The van der Waals surface area contributed by atoms with E-state index in [1.807, 2.05) is 6.92 Å². The molecule has 0 bridgehead atoms. The van der Waals surface area contributed by atoms with Gasteiger partial charge in [0.05, 0.1) is 5.56 Å². The van der Waals surface area contributed by atoms with Gasteiger partial charge in [-0.3, -0.25) is 4.79 Å². The van der Waals surface area contributed by atoms with E-state index >= 15 is 0 Å². The summed E-state index contributed by atoms with van der Waals surface area (Å²) >= 11 is 0. The van der Waals surface area contributed by atoms with Crippen LogP contribution in [0.3, 0.4) is 0 Å². The molecular weight excluding hydrogens is 216 g/mol. The van der Waals surface area contributed by atoms with Gasteiger partial charge in [0.25, 0.3) is 0 Å². The zero-order valence-electron chi connectivity index (χ0n) is 10.1. The van der Waals surface area contributed by atoms with Gasteiger partial charge in [0, 0.05) is 6.20 Å². The number of nitrogen functional groups attached to an aromatic ring is 1. The molecule has 0 amide bonds. The Kier molecular flexibility index (Phi) is 3.15. The maximum Gasteiger partial charge on any atom is 0.198 e. The zero-order valence-corrected chi connectivity index (χ0v) is 10.1. The van der Waals surface area contributed by atoms with E-state index in [4.69, 9.17) is 5.73 Å². The topological polar surface area (TPSA) is 76.2 Å². The van der Waals surface area contributed by atoms with Crippen LogP contribution >= 0.6 is 0 Å². The molecule has 1 aromatic heterocycles. The number of ketones is 1. The highest BCUT2D eigenvalue weighted by Crippen LogP contribution is 2.32. The highest BCUT2D eigenvalue weighted by molar-refractivity contribution is 6.05. The molecule has 0 aromatic carbocycles. The predicted octanol–water partition coefficient (Wildman–Crippen LogP) is 1.85. The van der Waals surface area contributed by atoms with Crippen molar-refractivity contribution in [2.45, 2.75) is 44.6 Å². The van der Waals surface area contributed by atoms with E-state index < -0.39 is 5.60 Å². The number of hydrogen-bond acceptors (Lipinski definition) is 4. The molecular formula is C13H18N2O2. The first-order chi connectivity index (χ1) is 8.03. The minimum atomic E-state index is -1.23. The van der Waals surface area contributed by atoms with Gasteiger partial charge in [-0.25, -0.2) is 4.98 Å². The second-order valence-electron chi connectivity index (χ2n) is 4.87. The van der Waals surface area contributed by atoms with Crippen molar-refractivity contribution in [1.82, 2.24) is 4.98 Å². The first-order valence-corrected chi connectivity index (χ1v) is 6.02. The van der Waals surface area contributed by atoms with Gasteiger partial charge in [-0.15, -0.1) is 0 Å². The van der Waals surface area contributed by atoms with Crippen LogP contribution in [-0.2, 0) is 0 Å². The second kappa shape index (κ2) is 4.45. The molecule has 0 spiro atoms. The molecule has 1 saturated carbocycles. The average Bonchev–Trinajstić information content (AvgIpc) is 2.32. The summed E-state index contributed by atoms with van der Waals surface area (Å²) in [4.78, 5) is 16.3. The van der Waals surface area contributed by atoms with Crippen LogP contribution in [0.2, 0.25) is 0 Å². The lowest BCUT2D eigenvalue weighted by Gasteiger charge is -2.30. The first kappa shape index (κ1) is 12.0.